The fourth-order valence-electron chi connectivity index (χ4n) is 5.05. The van der Waals surface area contributed by atoms with Crippen molar-refractivity contribution in [2.24, 2.45) is 5.92 Å². The number of ether oxygens (including phenoxy) is 3. The first-order valence-electron chi connectivity index (χ1n) is 14.0. The Hall–Kier alpha value is -4.21. The van der Waals surface area contributed by atoms with E-state index >= 15 is 0 Å². The number of amides is 3. The second-order valence-electron chi connectivity index (χ2n) is 10.7. The molecule has 0 fully saturated rings. The fourth-order valence-corrected chi connectivity index (χ4v) is 5.05. The molecule has 1 aliphatic rings. The zero-order valence-electron chi connectivity index (χ0n) is 24.8. The maximum atomic E-state index is 13.5. The van der Waals surface area contributed by atoms with Crippen LogP contribution in [0.2, 0.25) is 0 Å². The number of benzene rings is 3. The number of carbonyl (C=O) groups excluding carboxylic acids is 3. The van der Waals surface area contributed by atoms with Crippen molar-refractivity contribution in [3.05, 3.63) is 83.9 Å². The molecule has 1 heterocycles. The zero-order chi connectivity index (χ0) is 30.2. The van der Waals surface area contributed by atoms with Crippen molar-refractivity contribution in [3.8, 4) is 16.9 Å². The van der Waals surface area contributed by atoms with Gasteiger partial charge in [-0.1, -0.05) is 49.4 Å². The lowest BCUT2D eigenvalue weighted by Gasteiger charge is -2.36. The van der Waals surface area contributed by atoms with Gasteiger partial charge in [0.05, 0.1) is 17.7 Å². The number of hydrogen-bond acceptors (Lipinski definition) is 6. The highest BCUT2D eigenvalue weighted by Gasteiger charge is 2.30. The monoisotopic (exact) mass is 573 g/mol. The van der Waals surface area contributed by atoms with E-state index in [1.165, 1.54) is 7.11 Å². The Morgan fingerprint density at radius 3 is 2.31 bits per heavy atom. The van der Waals surface area contributed by atoms with E-state index in [9.17, 15) is 14.4 Å². The van der Waals surface area contributed by atoms with Gasteiger partial charge >= 0.3 is 0 Å². The molecular formula is C33H39N3O6. The lowest BCUT2D eigenvalue weighted by molar-refractivity contribution is -0.139. The third-order valence-corrected chi connectivity index (χ3v) is 7.55. The summed E-state index contributed by atoms with van der Waals surface area (Å²) < 4.78 is 17.0. The van der Waals surface area contributed by atoms with Gasteiger partial charge in [0, 0.05) is 57.6 Å². The van der Waals surface area contributed by atoms with Gasteiger partial charge in [-0.25, -0.2) is 0 Å². The summed E-state index contributed by atoms with van der Waals surface area (Å²) in [7, 11) is 4.81. The van der Waals surface area contributed by atoms with E-state index in [4.69, 9.17) is 14.2 Å². The second kappa shape index (κ2) is 14.1. The van der Waals surface area contributed by atoms with E-state index in [-0.39, 0.29) is 49.0 Å². The predicted molar refractivity (Wildman–Crippen MR) is 162 cm³/mol. The molecule has 0 saturated heterocycles. The van der Waals surface area contributed by atoms with Crippen LogP contribution in [0.3, 0.4) is 0 Å². The molecule has 3 aromatic carbocycles. The van der Waals surface area contributed by atoms with Crippen LogP contribution in [-0.2, 0) is 14.3 Å². The van der Waals surface area contributed by atoms with Gasteiger partial charge in [-0.2, -0.15) is 0 Å². The van der Waals surface area contributed by atoms with E-state index < -0.39 is 0 Å². The van der Waals surface area contributed by atoms with Gasteiger partial charge < -0.3 is 29.3 Å². The van der Waals surface area contributed by atoms with Crippen molar-refractivity contribution < 1.29 is 28.6 Å². The van der Waals surface area contributed by atoms with Crippen molar-refractivity contribution in [1.29, 1.82) is 0 Å². The average Bonchev–Trinajstić information content (AvgIpc) is 3.00. The van der Waals surface area contributed by atoms with Crippen molar-refractivity contribution in [2.45, 2.75) is 26.0 Å². The molecule has 9 heteroatoms. The molecule has 1 N–H and O–H groups in total. The molecule has 0 radical (unpaired) electrons. The van der Waals surface area contributed by atoms with E-state index in [1.54, 1.807) is 54.3 Å². The normalized spacial score (nSPS) is 19.6. The summed E-state index contributed by atoms with van der Waals surface area (Å²) in [5, 5.41) is 2.91. The SMILES string of the molecule is COCC(=O)N1C[C@@H](C)[C@H](OC)CN(C)C(=O)c2ccc(NC(=O)c3ccc(-c4ccccc4)cc3)cc2OC[C@H]1C. The van der Waals surface area contributed by atoms with E-state index in [1.807, 2.05) is 56.3 Å². The number of hydrogen-bond donors (Lipinski definition) is 1. The van der Waals surface area contributed by atoms with Gasteiger partial charge in [0.1, 0.15) is 19.0 Å². The Labute approximate surface area is 247 Å². The minimum Gasteiger partial charge on any atom is -0.491 e. The summed E-state index contributed by atoms with van der Waals surface area (Å²) in [6, 6.07) is 22.0. The molecule has 3 amide bonds. The number of fused-ring (bicyclic) bond motifs is 1. The number of nitrogens with one attached hydrogen (secondary N) is 1. The van der Waals surface area contributed by atoms with Crippen LogP contribution >= 0.6 is 0 Å². The highest BCUT2D eigenvalue weighted by molar-refractivity contribution is 6.05. The lowest BCUT2D eigenvalue weighted by Crippen LogP contribution is -2.49. The third-order valence-electron chi connectivity index (χ3n) is 7.55. The highest BCUT2D eigenvalue weighted by atomic mass is 16.5. The molecule has 0 unspecified atom stereocenters. The van der Waals surface area contributed by atoms with Crippen LogP contribution in [0.25, 0.3) is 11.1 Å². The Morgan fingerprint density at radius 2 is 1.64 bits per heavy atom. The van der Waals surface area contributed by atoms with Crippen LogP contribution in [0, 0.1) is 5.92 Å². The average molecular weight is 574 g/mol. The molecule has 3 atom stereocenters. The third kappa shape index (κ3) is 7.35. The molecule has 0 aliphatic carbocycles. The molecule has 9 nitrogen and oxygen atoms in total. The van der Waals surface area contributed by atoms with Crippen molar-refractivity contribution in [2.75, 3.05) is 52.9 Å². The molecule has 222 valence electrons. The summed E-state index contributed by atoms with van der Waals surface area (Å²) in [6.07, 6.45) is -0.292. The molecule has 3 aromatic rings. The summed E-state index contributed by atoms with van der Waals surface area (Å²) in [5.74, 6) is -0.400. The minimum absolute atomic E-state index is 0.0493. The Balaban J connectivity index is 1.58. The standard InChI is InChI=1S/C33H39N3O6/c1-22-18-36(31(37)21-40-4)23(2)20-42-29-17-27(15-16-28(29)33(39)35(3)19-30(22)41-5)34-32(38)26-13-11-25(12-14-26)24-9-7-6-8-10-24/h6-17,22-23,30H,18-21H2,1-5H3,(H,34,38)/t22-,23-,30-/m1/s1. The quantitative estimate of drug-likeness (QED) is 0.464. The van der Waals surface area contributed by atoms with Crippen LogP contribution in [0.5, 0.6) is 5.75 Å². The first kappa shape index (κ1) is 30.7. The largest absolute Gasteiger partial charge is 0.491 e. The topological polar surface area (TPSA) is 97.4 Å². The van der Waals surface area contributed by atoms with Crippen molar-refractivity contribution in [1.82, 2.24) is 9.80 Å². The zero-order valence-corrected chi connectivity index (χ0v) is 24.8. The Kier molecular flexibility index (Phi) is 10.3. The highest BCUT2D eigenvalue weighted by Crippen LogP contribution is 2.27. The van der Waals surface area contributed by atoms with Gasteiger partial charge in [0.2, 0.25) is 5.91 Å². The second-order valence-corrected chi connectivity index (χ2v) is 10.7. The van der Waals surface area contributed by atoms with Crippen LogP contribution in [0.1, 0.15) is 34.6 Å². The molecule has 0 saturated carbocycles. The maximum Gasteiger partial charge on any atom is 0.257 e. The number of likely N-dealkylation sites (N-methyl/N-ethyl adjacent to an activating group) is 1. The van der Waals surface area contributed by atoms with Gasteiger partial charge in [-0.15, -0.1) is 0 Å². The molecule has 1 aliphatic heterocycles. The van der Waals surface area contributed by atoms with Crippen LogP contribution in [-0.4, -0.2) is 87.2 Å². The summed E-state index contributed by atoms with van der Waals surface area (Å²) in [6.45, 7) is 4.73. The Morgan fingerprint density at radius 1 is 0.952 bits per heavy atom. The van der Waals surface area contributed by atoms with Crippen molar-refractivity contribution >= 4 is 23.4 Å². The number of carbonyl (C=O) groups is 3. The summed E-state index contributed by atoms with van der Waals surface area (Å²) >= 11 is 0. The fraction of sp³-hybridized carbons (Fsp3) is 0.364. The van der Waals surface area contributed by atoms with Gasteiger partial charge in [0.15, 0.2) is 0 Å². The number of anilines is 1. The molecule has 0 aromatic heterocycles. The number of rotatable bonds is 6. The smallest absolute Gasteiger partial charge is 0.257 e. The molecule has 4 rings (SSSR count). The lowest BCUT2D eigenvalue weighted by atomic mass is 10.0. The molecule has 42 heavy (non-hydrogen) atoms. The maximum absolute atomic E-state index is 13.5. The van der Waals surface area contributed by atoms with Crippen LogP contribution in [0.15, 0.2) is 72.8 Å². The molecule has 0 bridgehead atoms. The van der Waals surface area contributed by atoms with Gasteiger partial charge in [-0.05, 0) is 42.3 Å². The number of nitrogens with zero attached hydrogens (tertiary/aromatic N) is 2. The molecule has 0 spiro atoms. The minimum atomic E-state index is -0.311. The summed E-state index contributed by atoms with van der Waals surface area (Å²) in [5.41, 5.74) is 3.42. The van der Waals surface area contributed by atoms with Crippen LogP contribution < -0.4 is 10.1 Å². The van der Waals surface area contributed by atoms with Gasteiger partial charge in [-0.3, -0.25) is 14.4 Å². The van der Waals surface area contributed by atoms with Gasteiger partial charge in [0.25, 0.3) is 11.8 Å². The first-order valence-corrected chi connectivity index (χ1v) is 14.0. The molecular weight excluding hydrogens is 534 g/mol. The van der Waals surface area contributed by atoms with E-state index in [0.717, 1.165) is 11.1 Å². The van der Waals surface area contributed by atoms with Crippen molar-refractivity contribution in [3.63, 3.8) is 0 Å². The summed E-state index contributed by atoms with van der Waals surface area (Å²) in [4.78, 5) is 42.8. The van der Waals surface area contributed by atoms with E-state index in [2.05, 4.69) is 5.32 Å². The predicted octanol–water partition coefficient (Wildman–Crippen LogP) is 4.58. The Bertz CT molecular complexity index is 1380. The van der Waals surface area contributed by atoms with Crippen LogP contribution in [0.4, 0.5) is 5.69 Å². The number of methoxy groups -OCH3 is 2. The van der Waals surface area contributed by atoms with E-state index in [0.29, 0.717) is 35.7 Å². The first-order chi connectivity index (χ1) is 20.2.